The molecule has 1 aliphatic rings. The smallest absolute Gasteiger partial charge is 0.243 e. The van der Waals surface area contributed by atoms with Gasteiger partial charge in [0.1, 0.15) is 5.82 Å². The van der Waals surface area contributed by atoms with Gasteiger partial charge in [-0.15, -0.1) is 0 Å². The lowest BCUT2D eigenvalue weighted by Gasteiger charge is -2.30. The van der Waals surface area contributed by atoms with Crippen LogP contribution in [0, 0.1) is 11.7 Å². The Hall–Kier alpha value is -2.58. The van der Waals surface area contributed by atoms with E-state index in [-0.39, 0.29) is 41.4 Å². The van der Waals surface area contributed by atoms with Crippen LogP contribution >= 0.6 is 0 Å². The van der Waals surface area contributed by atoms with Gasteiger partial charge in [0, 0.05) is 31.1 Å². The molecule has 0 atom stereocenters. The Morgan fingerprint density at radius 2 is 1.77 bits per heavy atom. The van der Waals surface area contributed by atoms with E-state index in [0.29, 0.717) is 31.4 Å². The summed E-state index contributed by atoms with van der Waals surface area (Å²) in [5.74, 6) is -0.818. The third-order valence-electron chi connectivity index (χ3n) is 5.33. The van der Waals surface area contributed by atoms with Crippen LogP contribution in [0.3, 0.4) is 0 Å². The Labute approximate surface area is 176 Å². The average Bonchev–Trinajstić information content (AvgIpc) is 2.75. The van der Waals surface area contributed by atoms with Gasteiger partial charge in [0.2, 0.25) is 15.9 Å². The van der Waals surface area contributed by atoms with E-state index in [1.54, 1.807) is 24.3 Å². The highest BCUT2D eigenvalue weighted by atomic mass is 32.2. The van der Waals surface area contributed by atoms with Crippen LogP contribution in [0.5, 0.6) is 0 Å². The lowest BCUT2D eigenvalue weighted by Crippen LogP contribution is -2.43. The number of nitrogens with zero attached hydrogens (tertiary/aromatic N) is 1. The topological polar surface area (TPSA) is 83.6 Å². The first-order valence-corrected chi connectivity index (χ1v) is 11.3. The second kappa shape index (κ2) is 9.49. The monoisotopic (exact) mass is 432 g/mol. The second-order valence-electron chi connectivity index (χ2n) is 7.43. The number of Topliss-reactive ketones (excluding diaryl/α,β-unsaturated/α-hetero) is 1. The van der Waals surface area contributed by atoms with Gasteiger partial charge in [0.25, 0.3) is 0 Å². The van der Waals surface area contributed by atoms with E-state index in [4.69, 9.17) is 0 Å². The van der Waals surface area contributed by atoms with Crippen LogP contribution < -0.4 is 5.32 Å². The summed E-state index contributed by atoms with van der Waals surface area (Å²) in [5, 5.41) is 2.88. The molecule has 1 aliphatic heterocycles. The molecule has 2 aromatic carbocycles. The lowest BCUT2D eigenvalue weighted by atomic mass is 9.97. The van der Waals surface area contributed by atoms with Crippen LogP contribution in [0.15, 0.2) is 53.4 Å². The van der Waals surface area contributed by atoms with Crippen molar-refractivity contribution in [3.63, 3.8) is 0 Å². The van der Waals surface area contributed by atoms with Gasteiger partial charge >= 0.3 is 0 Å². The number of ketones is 1. The number of amides is 1. The predicted molar refractivity (Wildman–Crippen MR) is 111 cm³/mol. The SMILES string of the molecule is CC(=O)c1cccc(S(=O)(=O)N2CCC(C(=O)NCCc3ccc(F)cc3)CC2)c1. The number of piperidine rings is 1. The maximum Gasteiger partial charge on any atom is 0.243 e. The summed E-state index contributed by atoms with van der Waals surface area (Å²) < 4.78 is 40.1. The fraction of sp³-hybridized carbons (Fsp3) is 0.364. The van der Waals surface area contributed by atoms with Gasteiger partial charge in [-0.25, -0.2) is 12.8 Å². The van der Waals surface area contributed by atoms with Crippen LogP contribution in [-0.2, 0) is 21.2 Å². The number of carbonyl (C=O) groups excluding carboxylic acids is 2. The molecule has 0 radical (unpaired) electrons. The first-order chi connectivity index (χ1) is 14.3. The molecular formula is C22H25FN2O4S. The number of benzene rings is 2. The molecule has 2 aromatic rings. The molecule has 1 saturated heterocycles. The molecule has 0 spiro atoms. The molecule has 0 unspecified atom stereocenters. The summed E-state index contributed by atoms with van der Waals surface area (Å²) in [5.41, 5.74) is 1.29. The molecule has 0 saturated carbocycles. The zero-order valence-electron chi connectivity index (χ0n) is 16.8. The Morgan fingerprint density at radius 1 is 1.10 bits per heavy atom. The first-order valence-electron chi connectivity index (χ1n) is 9.90. The van der Waals surface area contributed by atoms with E-state index >= 15 is 0 Å². The zero-order valence-corrected chi connectivity index (χ0v) is 17.6. The molecule has 3 rings (SSSR count). The molecule has 6 nitrogen and oxygen atoms in total. The van der Waals surface area contributed by atoms with E-state index in [1.165, 1.54) is 35.5 Å². The van der Waals surface area contributed by atoms with Gasteiger partial charge in [0.05, 0.1) is 4.90 Å². The van der Waals surface area contributed by atoms with Crippen molar-refractivity contribution in [3.05, 3.63) is 65.5 Å². The highest BCUT2D eigenvalue weighted by Gasteiger charge is 2.32. The third-order valence-corrected chi connectivity index (χ3v) is 7.22. The molecular weight excluding hydrogens is 407 g/mol. The maximum absolute atomic E-state index is 12.9. The molecule has 1 heterocycles. The summed E-state index contributed by atoms with van der Waals surface area (Å²) in [6.45, 7) is 2.35. The molecule has 0 aromatic heterocycles. The fourth-order valence-electron chi connectivity index (χ4n) is 3.51. The molecule has 0 bridgehead atoms. The quantitative estimate of drug-likeness (QED) is 0.682. The van der Waals surface area contributed by atoms with E-state index in [0.717, 1.165) is 5.56 Å². The summed E-state index contributed by atoms with van der Waals surface area (Å²) >= 11 is 0. The van der Waals surface area contributed by atoms with E-state index in [2.05, 4.69) is 5.32 Å². The normalized spacial score (nSPS) is 15.7. The standard InChI is InChI=1S/C22H25FN2O4S/c1-16(26)19-3-2-4-21(15-19)30(28,29)25-13-10-18(11-14-25)22(27)24-12-9-17-5-7-20(23)8-6-17/h2-8,15,18H,9-14H2,1H3,(H,24,27). The van der Waals surface area contributed by atoms with Gasteiger partial charge in [0.15, 0.2) is 5.78 Å². The number of carbonyl (C=O) groups is 2. The summed E-state index contributed by atoms with van der Waals surface area (Å²) in [7, 11) is -3.70. The predicted octanol–water partition coefficient (Wildman–Crippen LogP) is 2.79. The Morgan fingerprint density at radius 3 is 2.40 bits per heavy atom. The minimum absolute atomic E-state index is 0.0901. The van der Waals surface area contributed by atoms with Gasteiger partial charge < -0.3 is 5.32 Å². The Kier molecular flexibility index (Phi) is 6.99. The van der Waals surface area contributed by atoms with Gasteiger partial charge in [-0.2, -0.15) is 4.31 Å². The highest BCUT2D eigenvalue weighted by Crippen LogP contribution is 2.24. The minimum Gasteiger partial charge on any atom is -0.356 e. The van der Waals surface area contributed by atoms with Crippen molar-refractivity contribution in [2.24, 2.45) is 5.92 Å². The Bertz CT molecular complexity index is 1010. The molecule has 30 heavy (non-hydrogen) atoms. The molecule has 8 heteroatoms. The van der Waals surface area contributed by atoms with Crippen LogP contribution in [-0.4, -0.2) is 44.0 Å². The maximum atomic E-state index is 12.9. The number of nitrogens with one attached hydrogen (secondary N) is 1. The Balaban J connectivity index is 1.52. The van der Waals surface area contributed by atoms with Crippen molar-refractivity contribution in [1.82, 2.24) is 9.62 Å². The van der Waals surface area contributed by atoms with Crippen molar-refractivity contribution in [2.45, 2.75) is 31.1 Å². The van der Waals surface area contributed by atoms with Crippen LogP contribution in [0.4, 0.5) is 4.39 Å². The largest absolute Gasteiger partial charge is 0.356 e. The summed E-state index contributed by atoms with van der Waals surface area (Å²) in [6.07, 6.45) is 1.48. The first kappa shape index (κ1) is 22.1. The molecule has 160 valence electrons. The van der Waals surface area contributed by atoms with E-state index < -0.39 is 10.0 Å². The van der Waals surface area contributed by atoms with Crippen LogP contribution in [0.1, 0.15) is 35.7 Å². The third kappa shape index (κ3) is 5.31. The lowest BCUT2D eigenvalue weighted by molar-refractivity contribution is -0.126. The second-order valence-corrected chi connectivity index (χ2v) is 9.37. The highest BCUT2D eigenvalue weighted by molar-refractivity contribution is 7.89. The molecule has 1 fully saturated rings. The van der Waals surface area contributed by atoms with Crippen molar-refractivity contribution >= 4 is 21.7 Å². The van der Waals surface area contributed by atoms with Crippen LogP contribution in [0.2, 0.25) is 0 Å². The fourth-order valence-corrected chi connectivity index (χ4v) is 5.02. The molecule has 0 aliphatic carbocycles. The zero-order chi connectivity index (χ0) is 21.7. The number of rotatable bonds is 7. The van der Waals surface area contributed by atoms with Crippen molar-refractivity contribution < 1.29 is 22.4 Å². The van der Waals surface area contributed by atoms with Crippen molar-refractivity contribution in [3.8, 4) is 0 Å². The van der Waals surface area contributed by atoms with Gasteiger partial charge in [-0.05, 0) is 56.0 Å². The van der Waals surface area contributed by atoms with Crippen LogP contribution in [0.25, 0.3) is 0 Å². The van der Waals surface area contributed by atoms with E-state index in [1.807, 2.05) is 0 Å². The molecule has 1 N–H and O–H groups in total. The number of halogens is 1. The summed E-state index contributed by atoms with van der Waals surface area (Å²) in [4.78, 5) is 24.0. The van der Waals surface area contributed by atoms with Gasteiger partial charge in [-0.3, -0.25) is 9.59 Å². The van der Waals surface area contributed by atoms with Gasteiger partial charge in [-0.1, -0.05) is 24.3 Å². The average molecular weight is 433 g/mol. The minimum atomic E-state index is -3.70. The van der Waals surface area contributed by atoms with Crippen molar-refractivity contribution in [1.29, 1.82) is 0 Å². The summed E-state index contributed by atoms with van der Waals surface area (Å²) in [6, 6.07) is 12.2. The number of hydrogen-bond acceptors (Lipinski definition) is 4. The molecule has 1 amide bonds. The van der Waals surface area contributed by atoms with Crippen molar-refractivity contribution in [2.75, 3.05) is 19.6 Å². The number of hydrogen-bond donors (Lipinski definition) is 1. The number of sulfonamides is 1. The van der Waals surface area contributed by atoms with E-state index in [9.17, 15) is 22.4 Å².